The van der Waals surface area contributed by atoms with Gasteiger partial charge in [0, 0.05) is 26.2 Å². The molecule has 2 aliphatic rings. The number of nitrogens with one attached hydrogen (secondary N) is 1. The van der Waals surface area contributed by atoms with Crippen molar-refractivity contribution >= 4 is 12.4 Å². The molecule has 2 atom stereocenters. The van der Waals surface area contributed by atoms with Crippen LogP contribution in [0, 0.1) is 0 Å². The van der Waals surface area contributed by atoms with E-state index >= 15 is 0 Å². The summed E-state index contributed by atoms with van der Waals surface area (Å²) in [5.74, 6) is 0. The van der Waals surface area contributed by atoms with Gasteiger partial charge in [0.25, 0.3) is 0 Å². The Balaban J connectivity index is 1.88. The Labute approximate surface area is 127 Å². The summed E-state index contributed by atoms with van der Waals surface area (Å²) in [6.07, 6.45) is 6.38. The number of nitrogens with zero attached hydrogens (tertiary/aromatic N) is 3. The molecule has 6 heteroatoms. The van der Waals surface area contributed by atoms with E-state index in [0.29, 0.717) is 6.41 Å². The Morgan fingerprint density at radius 2 is 1.52 bits per heavy atom. The lowest BCUT2D eigenvalue weighted by atomic mass is 10.1. The van der Waals surface area contributed by atoms with Crippen LogP contribution in [0.2, 0.25) is 0 Å². The van der Waals surface area contributed by atoms with E-state index in [4.69, 9.17) is 0 Å². The Morgan fingerprint density at radius 3 is 2.10 bits per heavy atom. The number of piperidine rings is 1. The summed E-state index contributed by atoms with van der Waals surface area (Å²) in [6.45, 7) is 7.87. The summed E-state index contributed by atoms with van der Waals surface area (Å²) in [4.78, 5) is 29.4. The number of likely N-dealkylation sites (tertiary alicyclic amines) is 2. The maximum absolute atomic E-state index is 12.4. The molecule has 0 aliphatic carbocycles. The first-order valence-electron chi connectivity index (χ1n) is 8.15. The topological polar surface area (TPSA) is 55.9 Å². The van der Waals surface area contributed by atoms with E-state index in [1.807, 2.05) is 13.8 Å². The van der Waals surface area contributed by atoms with Crippen LogP contribution in [0.25, 0.3) is 0 Å². The van der Waals surface area contributed by atoms with Gasteiger partial charge in [-0.05, 0) is 39.5 Å². The first-order valence-corrected chi connectivity index (χ1v) is 8.15. The average Bonchev–Trinajstić information content (AvgIpc) is 3.03. The lowest BCUT2D eigenvalue weighted by molar-refractivity contribution is -0.119. The molecule has 0 aromatic rings. The minimum atomic E-state index is -0.289. The highest BCUT2D eigenvalue weighted by molar-refractivity contribution is 5.85. The van der Waals surface area contributed by atoms with Crippen LogP contribution in [-0.4, -0.2) is 65.7 Å². The van der Waals surface area contributed by atoms with Gasteiger partial charge in [0.15, 0.2) is 0 Å². The molecule has 3 amide bonds. The maximum Gasteiger partial charge on any atom is 0.326 e. The van der Waals surface area contributed by atoms with Gasteiger partial charge in [-0.2, -0.15) is 0 Å². The van der Waals surface area contributed by atoms with Crippen molar-refractivity contribution in [2.24, 2.45) is 0 Å². The van der Waals surface area contributed by atoms with Gasteiger partial charge >= 0.3 is 6.03 Å². The van der Waals surface area contributed by atoms with Gasteiger partial charge in [-0.3, -0.25) is 19.5 Å². The second-order valence-electron chi connectivity index (χ2n) is 6.11. The normalized spacial score (nSPS) is 23.5. The van der Waals surface area contributed by atoms with Gasteiger partial charge in [-0.25, -0.2) is 4.79 Å². The van der Waals surface area contributed by atoms with Crippen molar-refractivity contribution in [2.75, 3.05) is 26.2 Å². The molecule has 2 heterocycles. The molecular formula is C15H28N4O2. The fourth-order valence-electron chi connectivity index (χ4n) is 3.25. The average molecular weight is 296 g/mol. The highest BCUT2D eigenvalue weighted by Crippen LogP contribution is 2.15. The van der Waals surface area contributed by atoms with Crippen LogP contribution in [0.3, 0.4) is 0 Å². The lowest BCUT2D eigenvalue weighted by Crippen LogP contribution is -2.56. The minimum Gasteiger partial charge on any atom is -0.322 e. The number of carbonyl (C=O) groups is 2. The predicted octanol–water partition coefficient (Wildman–Crippen LogP) is 1.43. The molecule has 0 radical (unpaired) electrons. The van der Waals surface area contributed by atoms with Crippen molar-refractivity contribution in [1.82, 2.24) is 20.0 Å². The van der Waals surface area contributed by atoms with Gasteiger partial charge < -0.3 is 5.32 Å². The van der Waals surface area contributed by atoms with Gasteiger partial charge in [-0.1, -0.05) is 6.42 Å². The number of imide groups is 1. The lowest BCUT2D eigenvalue weighted by Gasteiger charge is -2.35. The zero-order chi connectivity index (χ0) is 15.2. The monoisotopic (exact) mass is 296 g/mol. The summed E-state index contributed by atoms with van der Waals surface area (Å²) in [5, 5.41) is 2.96. The molecule has 120 valence electrons. The van der Waals surface area contributed by atoms with Crippen LogP contribution in [0.4, 0.5) is 4.79 Å². The Hall–Kier alpha value is -1.14. The Bertz CT molecular complexity index is 352. The Morgan fingerprint density at radius 1 is 1.00 bits per heavy atom. The SMILES string of the molecule is CC(NC(=O)N(C=O)C(C)N1CCCC1)N1CCCCC1. The molecule has 2 fully saturated rings. The molecular weight excluding hydrogens is 268 g/mol. The highest BCUT2D eigenvalue weighted by atomic mass is 16.2. The Kier molecular flexibility index (Phi) is 5.99. The largest absolute Gasteiger partial charge is 0.326 e. The summed E-state index contributed by atoms with van der Waals surface area (Å²) < 4.78 is 0. The van der Waals surface area contributed by atoms with Crippen molar-refractivity contribution in [3.8, 4) is 0 Å². The molecule has 2 unspecified atom stereocenters. The van der Waals surface area contributed by atoms with Gasteiger partial charge in [0.2, 0.25) is 6.41 Å². The predicted molar refractivity (Wildman–Crippen MR) is 81.6 cm³/mol. The fourth-order valence-corrected chi connectivity index (χ4v) is 3.25. The quantitative estimate of drug-likeness (QED) is 0.780. The molecule has 1 N–H and O–H groups in total. The third kappa shape index (κ3) is 4.17. The van der Waals surface area contributed by atoms with Crippen molar-refractivity contribution in [3.63, 3.8) is 0 Å². The van der Waals surface area contributed by atoms with E-state index in [-0.39, 0.29) is 18.4 Å². The first-order chi connectivity index (χ1) is 10.1. The van der Waals surface area contributed by atoms with Crippen LogP contribution in [0.5, 0.6) is 0 Å². The van der Waals surface area contributed by atoms with E-state index < -0.39 is 0 Å². The third-order valence-corrected chi connectivity index (χ3v) is 4.69. The smallest absolute Gasteiger partial charge is 0.322 e. The van der Waals surface area contributed by atoms with E-state index in [2.05, 4.69) is 15.1 Å². The van der Waals surface area contributed by atoms with Gasteiger partial charge in [0.1, 0.15) is 0 Å². The van der Waals surface area contributed by atoms with Crippen LogP contribution in [0.15, 0.2) is 0 Å². The number of carbonyl (C=O) groups excluding carboxylic acids is 2. The van der Waals surface area contributed by atoms with Crippen LogP contribution < -0.4 is 5.32 Å². The highest BCUT2D eigenvalue weighted by Gasteiger charge is 2.28. The summed E-state index contributed by atoms with van der Waals surface area (Å²) in [7, 11) is 0. The second-order valence-corrected chi connectivity index (χ2v) is 6.11. The summed E-state index contributed by atoms with van der Waals surface area (Å²) in [5.41, 5.74) is 0. The second kappa shape index (κ2) is 7.75. The van der Waals surface area contributed by atoms with E-state index in [9.17, 15) is 9.59 Å². The molecule has 0 spiro atoms. The standard InChI is InChI=1S/C15H28N4O2/c1-13(17-8-4-3-5-9-17)16-15(21)19(12-20)14(2)18-10-6-7-11-18/h12-14H,3-11H2,1-2H3,(H,16,21). The van der Waals surface area contributed by atoms with Crippen molar-refractivity contribution in [1.29, 1.82) is 0 Å². The molecule has 2 saturated heterocycles. The number of hydrogen-bond acceptors (Lipinski definition) is 4. The van der Waals surface area contributed by atoms with E-state index in [1.54, 1.807) is 0 Å². The molecule has 0 bridgehead atoms. The van der Waals surface area contributed by atoms with E-state index in [1.165, 1.54) is 24.2 Å². The van der Waals surface area contributed by atoms with Gasteiger partial charge in [-0.15, -0.1) is 0 Å². The zero-order valence-electron chi connectivity index (χ0n) is 13.3. The van der Waals surface area contributed by atoms with Gasteiger partial charge in [0.05, 0.1) is 12.3 Å². The number of urea groups is 1. The fraction of sp³-hybridized carbons (Fsp3) is 0.867. The number of rotatable bonds is 5. The minimum absolute atomic E-state index is 0.0222. The first kappa shape index (κ1) is 16.2. The van der Waals surface area contributed by atoms with Crippen molar-refractivity contribution in [3.05, 3.63) is 0 Å². The third-order valence-electron chi connectivity index (χ3n) is 4.69. The molecule has 0 saturated carbocycles. The maximum atomic E-state index is 12.4. The molecule has 21 heavy (non-hydrogen) atoms. The molecule has 2 aliphatic heterocycles. The van der Waals surface area contributed by atoms with Crippen molar-refractivity contribution in [2.45, 2.75) is 58.3 Å². The molecule has 2 rings (SSSR count). The zero-order valence-corrected chi connectivity index (χ0v) is 13.3. The molecule has 6 nitrogen and oxygen atoms in total. The molecule has 0 aromatic heterocycles. The number of amides is 3. The van der Waals surface area contributed by atoms with Crippen LogP contribution >= 0.6 is 0 Å². The van der Waals surface area contributed by atoms with Crippen LogP contribution in [0.1, 0.15) is 46.0 Å². The van der Waals surface area contributed by atoms with Crippen molar-refractivity contribution < 1.29 is 9.59 Å². The summed E-state index contributed by atoms with van der Waals surface area (Å²) in [6, 6.07) is -0.289. The summed E-state index contributed by atoms with van der Waals surface area (Å²) >= 11 is 0. The van der Waals surface area contributed by atoms with E-state index in [0.717, 1.165) is 39.0 Å². The van der Waals surface area contributed by atoms with Crippen LogP contribution in [-0.2, 0) is 4.79 Å². The number of hydrogen-bond donors (Lipinski definition) is 1. The molecule has 0 aromatic carbocycles.